The largest absolute Gasteiger partial charge is 0.480 e. The lowest BCUT2D eigenvalue weighted by Crippen LogP contribution is -2.51. The SMILES string of the molecule is O=CNC(C(=O)O)C1CCCCCN1. The summed E-state index contributed by atoms with van der Waals surface area (Å²) in [6, 6.07) is -0.939. The highest BCUT2D eigenvalue weighted by Crippen LogP contribution is 2.11. The standard InChI is InChI=1S/C9H16N2O3/c12-6-11-8(9(13)14)7-4-2-1-3-5-10-7/h6-8,10H,1-5H2,(H,11,12)(H,13,14). The number of aliphatic carboxylic acids is 1. The average Bonchev–Trinajstić information content (AvgIpc) is 2.41. The molecule has 14 heavy (non-hydrogen) atoms. The third-order valence-corrected chi connectivity index (χ3v) is 2.51. The van der Waals surface area contributed by atoms with Crippen molar-refractivity contribution in [3.05, 3.63) is 0 Å². The van der Waals surface area contributed by atoms with Crippen molar-refractivity contribution in [1.29, 1.82) is 0 Å². The Morgan fingerprint density at radius 1 is 1.50 bits per heavy atom. The molecule has 3 N–H and O–H groups in total. The number of hydrogen-bond acceptors (Lipinski definition) is 3. The van der Waals surface area contributed by atoms with Crippen molar-refractivity contribution in [2.24, 2.45) is 0 Å². The van der Waals surface area contributed by atoms with Crippen LogP contribution in [0.25, 0.3) is 0 Å². The molecule has 1 rings (SSSR count). The van der Waals surface area contributed by atoms with Crippen LogP contribution in [0, 0.1) is 0 Å². The molecule has 1 saturated heterocycles. The van der Waals surface area contributed by atoms with Crippen LogP contribution in [0.3, 0.4) is 0 Å². The molecule has 0 aromatic rings. The average molecular weight is 200 g/mol. The van der Waals surface area contributed by atoms with Gasteiger partial charge in [0, 0.05) is 6.04 Å². The first-order valence-electron chi connectivity index (χ1n) is 4.91. The second kappa shape index (κ2) is 5.59. The highest BCUT2D eigenvalue weighted by molar-refractivity contribution is 5.77. The Morgan fingerprint density at radius 3 is 2.93 bits per heavy atom. The Morgan fingerprint density at radius 2 is 2.29 bits per heavy atom. The van der Waals surface area contributed by atoms with Crippen LogP contribution in [-0.4, -0.2) is 36.1 Å². The number of amides is 1. The van der Waals surface area contributed by atoms with Gasteiger partial charge in [-0.1, -0.05) is 12.8 Å². The van der Waals surface area contributed by atoms with Crippen LogP contribution in [0.1, 0.15) is 25.7 Å². The quantitative estimate of drug-likeness (QED) is 0.545. The molecule has 2 atom stereocenters. The topological polar surface area (TPSA) is 78.4 Å². The predicted octanol–water partition coefficient (Wildman–Crippen LogP) is -0.282. The third kappa shape index (κ3) is 2.99. The van der Waals surface area contributed by atoms with E-state index in [1.807, 2.05) is 0 Å². The Bertz CT molecular complexity index is 200. The van der Waals surface area contributed by atoms with Gasteiger partial charge in [0.1, 0.15) is 6.04 Å². The van der Waals surface area contributed by atoms with Crippen LogP contribution < -0.4 is 10.6 Å². The van der Waals surface area contributed by atoms with E-state index in [1.165, 1.54) is 0 Å². The lowest BCUT2D eigenvalue weighted by atomic mass is 10.0. The molecule has 0 bridgehead atoms. The van der Waals surface area contributed by atoms with E-state index in [-0.39, 0.29) is 6.04 Å². The predicted molar refractivity (Wildman–Crippen MR) is 50.9 cm³/mol. The molecule has 0 spiro atoms. The summed E-state index contributed by atoms with van der Waals surface area (Å²) in [5.41, 5.74) is 0. The van der Waals surface area contributed by atoms with Gasteiger partial charge in [-0.15, -0.1) is 0 Å². The van der Waals surface area contributed by atoms with Crippen LogP contribution in [-0.2, 0) is 9.59 Å². The van der Waals surface area contributed by atoms with E-state index in [1.54, 1.807) is 0 Å². The first-order valence-corrected chi connectivity index (χ1v) is 4.91. The summed E-state index contributed by atoms with van der Waals surface area (Å²) in [4.78, 5) is 21.1. The molecule has 1 heterocycles. The molecule has 1 amide bonds. The maximum atomic E-state index is 10.8. The molecule has 5 nitrogen and oxygen atoms in total. The van der Waals surface area contributed by atoms with Gasteiger partial charge in [-0.05, 0) is 19.4 Å². The summed E-state index contributed by atoms with van der Waals surface area (Å²) < 4.78 is 0. The first kappa shape index (κ1) is 11.0. The van der Waals surface area contributed by atoms with E-state index in [9.17, 15) is 9.59 Å². The number of rotatable bonds is 4. The van der Waals surface area contributed by atoms with Crippen molar-refractivity contribution in [2.45, 2.75) is 37.8 Å². The van der Waals surface area contributed by atoms with Crippen molar-refractivity contribution in [1.82, 2.24) is 10.6 Å². The van der Waals surface area contributed by atoms with Gasteiger partial charge in [0.05, 0.1) is 0 Å². The number of hydrogen-bond donors (Lipinski definition) is 3. The molecule has 0 aliphatic carbocycles. The minimum Gasteiger partial charge on any atom is -0.480 e. The van der Waals surface area contributed by atoms with Crippen molar-refractivity contribution in [2.75, 3.05) is 6.54 Å². The third-order valence-electron chi connectivity index (χ3n) is 2.51. The summed E-state index contributed by atoms with van der Waals surface area (Å²) >= 11 is 0. The smallest absolute Gasteiger partial charge is 0.327 e. The number of carbonyl (C=O) groups is 2. The minimum absolute atomic E-state index is 0.139. The maximum absolute atomic E-state index is 10.8. The zero-order valence-electron chi connectivity index (χ0n) is 8.03. The molecule has 1 aliphatic rings. The van der Waals surface area contributed by atoms with Gasteiger partial charge in [0.25, 0.3) is 0 Å². The van der Waals surface area contributed by atoms with E-state index in [0.717, 1.165) is 32.2 Å². The second-order valence-electron chi connectivity index (χ2n) is 3.51. The highest BCUT2D eigenvalue weighted by Gasteiger charge is 2.27. The van der Waals surface area contributed by atoms with Crippen molar-refractivity contribution < 1.29 is 14.7 Å². The summed E-state index contributed by atoms with van der Waals surface area (Å²) in [5, 5.41) is 14.4. The second-order valence-corrected chi connectivity index (χ2v) is 3.51. The van der Waals surface area contributed by atoms with Crippen LogP contribution >= 0.6 is 0 Å². The van der Waals surface area contributed by atoms with Gasteiger partial charge in [0.15, 0.2) is 0 Å². The maximum Gasteiger partial charge on any atom is 0.327 e. The van der Waals surface area contributed by atoms with Crippen molar-refractivity contribution >= 4 is 12.4 Å². The zero-order chi connectivity index (χ0) is 10.4. The van der Waals surface area contributed by atoms with Crippen molar-refractivity contribution in [3.63, 3.8) is 0 Å². The Hall–Kier alpha value is -1.10. The number of carboxylic acid groups (broad SMARTS) is 1. The van der Waals surface area contributed by atoms with Crippen LogP contribution in [0.5, 0.6) is 0 Å². The molecule has 0 aromatic heterocycles. The summed E-state index contributed by atoms with van der Waals surface area (Å²) in [6.45, 7) is 0.828. The molecule has 1 fully saturated rings. The molecular formula is C9H16N2O3. The number of nitrogens with one attached hydrogen (secondary N) is 2. The zero-order valence-corrected chi connectivity index (χ0v) is 8.03. The van der Waals surface area contributed by atoms with E-state index in [2.05, 4.69) is 10.6 Å². The van der Waals surface area contributed by atoms with E-state index in [0.29, 0.717) is 6.41 Å². The van der Waals surface area contributed by atoms with E-state index in [4.69, 9.17) is 5.11 Å². The normalized spacial score (nSPS) is 24.7. The fourth-order valence-electron chi connectivity index (χ4n) is 1.77. The van der Waals surface area contributed by atoms with Gasteiger partial charge < -0.3 is 15.7 Å². The van der Waals surface area contributed by atoms with Gasteiger partial charge in [0.2, 0.25) is 6.41 Å². The van der Waals surface area contributed by atoms with E-state index >= 15 is 0 Å². The number of carbonyl (C=O) groups excluding carboxylic acids is 1. The van der Waals surface area contributed by atoms with E-state index < -0.39 is 12.0 Å². The lowest BCUT2D eigenvalue weighted by molar-refractivity contribution is -0.141. The Kier molecular flexibility index (Phi) is 4.39. The van der Waals surface area contributed by atoms with Gasteiger partial charge >= 0.3 is 5.97 Å². The minimum atomic E-state index is -0.975. The van der Waals surface area contributed by atoms with Gasteiger partial charge in [-0.2, -0.15) is 0 Å². The summed E-state index contributed by atoms with van der Waals surface area (Å²) in [6.07, 6.45) is 4.46. The highest BCUT2D eigenvalue weighted by atomic mass is 16.4. The van der Waals surface area contributed by atoms with Crippen molar-refractivity contribution in [3.8, 4) is 0 Å². The molecule has 1 aliphatic heterocycles. The van der Waals surface area contributed by atoms with Crippen LogP contribution in [0.15, 0.2) is 0 Å². The fraction of sp³-hybridized carbons (Fsp3) is 0.778. The lowest BCUT2D eigenvalue weighted by Gasteiger charge is -2.22. The van der Waals surface area contributed by atoms with Gasteiger partial charge in [-0.25, -0.2) is 4.79 Å². The molecule has 0 aromatic carbocycles. The molecule has 0 radical (unpaired) electrons. The summed E-state index contributed by atoms with van der Waals surface area (Å²) in [7, 11) is 0. The molecular weight excluding hydrogens is 184 g/mol. The molecule has 80 valence electrons. The van der Waals surface area contributed by atoms with Crippen LogP contribution in [0.2, 0.25) is 0 Å². The van der Waals surface area contributed by atoms with Gasteiger partial charge in [-0.3, -0.25) is 4.79 Å². The number of carboxylic acids is 1. The fourth-order valence-corrected chi connectivity index (χ4v) is 1.77. The first-order chi connectivity index (χ1) is 6.75. The Balaban J connectivity index is 2.55. The monoisotopic (exact) mass is 200 g/mol. The summed E-state index contributed by atoms with van der Waals surface area (Å²) in [5.74, 6) is -0.975. The molecule has 2 unspecified atom stereocenters. The Labute approximate surface area is 82.9 Å². The van der Waals surface area contributed by atoms with Crippen LogP contribution in [0.4, 0.5) is 0 Å². The molecule has 0 saturated carbocycles. The molecule has 5 heteroatoms.